The van der Waals surface area contributed by atoms with E-state index in [0.29, 0.717) is 0 Å². The van der Waals surface area contributed by atoms with Crippen LogP contribution in [0, 0.1) is 4.51 Å². The highest BCUT2D eigenvalue weighted by Gasteiger charge is 2.03. The number of rotatable bonds is 2. The molecule has 0 saturated carbocycles. The first-order chi connectivity index (χ1) is 7.31. The topological polar surface area (TPSA) is 25.0 Å². The fourth-order valence-corrected chi connectivity index (χ4v) is 1.65. The molecule has 2 nitrogen and oxygen atoms in total. The molecule has 0 saturated heterocycles. The maximum atomic E-state index is 5.29. The third kappa shape index (κ3) is 2.07. The monoisotopic (exact) mass is 217 g/mol. The molecule has 2 aromatic rings. The average molecular weight is 217 g/mol. The van der Waals surface area contributed by atoms with E-state index in [1.54, 1.807) is 7.11 Å². The molecule has 1 N–H and O–H groups in total. The van der Waals surface area contributed by atoms with E-state index < -0.39 is 0 Å². The smallest absolute Gasteiger partial charge is 0.128 e. The van der Waals surface area contributed by atoms with E-state index in [1.807, 2.05) is 42.6 Å². The van der Waals surface area contributed by atoms with Crippen LogP contribution in [0.1, 0.15) is 0 Å². The highest BCUT2D eigenvalue weighted by atomic mass is 32.1. The van der Waals surface area contributed by atoms with Gasteiger partial charge in [-0.05, 0) is 24.3 Å². The van der Waals surface area contributed by atoms with E-state index in [4.69, 9.17) is 17.0 Å². The van der Waals surface area contributed by atoms with Crippen LogP contribution >= 0.6 is 12.2 Å². The Kier molecular flexibility index (Phi) is 2.83. The summed E-state index contributed by atoms with van der Waals surface area (Å²) in [4.78, 5) is 3.15. The van der Waals surface area contributed by atoms with Crippen LogP contribution in [-0.4, -0.2) is 12.1 Å². The van der Waals surface area contributed by atoms with Gasteiger partial charge in [0.2, 0.25) is 0 Å². The lowest BCUT2D eigenvalue weighted by Crippen LogP contribution is -1.89. The summed E-state index contributed by atoms with van der Waals surface area (Å²) in [5.74, 6) is 0.842. The summed E-state index contributed by atoms with van der Waals surface area (Å²) >= 11 is 5.12. The molecule has 0 aliphatic heterocycles. The summed E-state index contributed by atoms with van der Waals surface area (Å²) in [6.07, 6.45) is 1.84. The van der Waals surface area contributed by atoms with Gasteiger partial charge in [-0.2, -0.15) is 0 Å². The SMILES string of the molecule is COc1ccccc1-c1cc(=S)cc[nH]1. The Morgan fingerprint density at radius 3 is 2.73 bits per heavy atom. The van der Waals surface area contributed by atoms with Gasteiger partial charge in [0, 0.05) is 16.3 Å². The second-order valence-corrected chi connectivity index (χ2v) is 3.61. The Bertz CT molecular complexity index is 519. The third-order valence-corrected chi connectivity index (χ3v) is 2.42. The van der Waals surface area contributed by atoms with Crippen molar-refractivity contribution in [3.8, 4) is 17.0 Å². The zero-order chi connectivity index (χ0) is 10.7. The van der Waals surface area contributed by atoms with Crippen molar-refractivity contribution in [3.05, 3.63) is 47.1 Å². The molecule has 0 aliphatic rings. The van der Waals surface area contributed by atoms with E-state index in [2.05, 4.69) is 4.98 Å². The van der Waals surface area contributed by atoms with Crippen LogP contribution in [0.15, 0.2) is 42.6 Å². The van der Waals surface area contributed by atoms with Crippen molar-refractivity contribution in [2.45, 2.75) is 0 Å². The lowest BCUT2D eigenvalue weighted by atomic mass is 10.1. The number of nitrogens with one attached hydrogen (secondary N) is 1. The zero-order valence-corrected chi connectivity index (χ0v) is 9.17. The molecule has 0 amide bonds. The molecule has 0 atom stereocenters. The minimum absolute atomic E-state index is 0.814. The maximum absolute atomic E-state index is 5.29. The number of H-pyrrole nitrogens is 1. The van der Waals surface area contributed by atoms with Gasteiger partial charge < -0.3 is 9.72 Å². The van der Waals surface area contributed by atoms with Crippen molar-refractivity contribution in [2.24, 2.45) is 0 Å². The van der Waals surface area contributed by atoms with Crippen LogP contribution in [0.5, 0.6) is 5.75 Å². The van der Waals surface area contributed by atoms with Crippen LogP contribution < -0.4 is 4.74 Å². The van der Waals surface area contributed by atoms with Gasteiger partial charge in [-0.15, -0.1) is 0 Å². The summed E-state index contributed by atoms with van der Waals surface area (Å²) in [6.45, 7) is 0. The summed E-state index contributed by atoms with van der Waals surface area (Å²) in [6, 6.07) is 11.6. The molecule has 3 heteroatoms. The highest BCUT2D eigenvalue weighted by Crippen LogP contribution is 2.27. The van der Waals surface area contributed by atoms with Crippen LogP contribution in [0.2, 0.25) is 0 Å². The first kappa shape index (κ1) is 9.93. The molecule has 1 aromatic heterocycles. The molecule has 76 valence electrons. The molecule has 0 bridgehead atoms. The molecular formula is C12H11NOS. The van der Waals surface area contributed by atoms with Gasteiger partial charge in [-0.25, -0.2) is 0 Å². The number of benzene rings is 1. The van der Waals surface area contributed by atoms with Crippen molar-refractivity contribution in [3.63, 3.8) is 0 Å². The highest BCUT2D eigenvalue weighted by molar-refractivity contribution is 7.71. The Labute approximate surface area is 93.5 Å². The zero-order valence-electron chi connectivity index (χ0n) is 8.36. The number of pyridine rings is 1. The second kappa shape index (κ2) is 4.28. The van der Waals surface area contributed by atoms with E-state index >= 15 is 0 Å². The van der Waals surface area contributed by atoms with E-state index in [0.717, 1.165) is 21.5 Å². The van der Waals surface area contributed by atoms with E-state index in [-0.39, 0.29) is 0 Å². The maximum Gasteiger partial charge on any atom is 0.128 e. The minimum Gasteiger partial charge on any atom is -0.496 e. The van der Waals surface area contributed by atoms with Gasteiger partial charge in [0.05, 0.1) is 12.8 Å². The fraction of sp³-hybridized carbons (Fsp3) is 0.0833. The van der Waals surface area contributed by atoms with Crippen molar-refractivity contribution in [2.75, 3.05) is 7.11 Å². The normalized spacial score (nSPS) is 9.93. The Hall–Kier alpha value is -1.61. The molecule has 0 aliphatic carbocycles. The quantitative estimate of drug-likeness (QED) is 0.780. The number of hydrogen-bond acceptors (Lipinski definition) is 2. The van der Waals surface area contributed by atoms with Crippen molar-refractivity contribution < 1.29 is 4.74 Å². The summed E-state index contributed by atoms with van der Waals surface area (Å²) in [5, 5.41) is 0. The van der Waals surface area contributed by atoms with Crippen LogP contribution in [0.4, 0.5) is 0 Å². The molecule has 2 rings (SSSR count). The van der Waals surface area contributed by atoms with Crippen LogP contribution in [-0.2, 0) is 0 Å². The lowest BCUT2D eigenvalue weighted by molar-refractivity contribution is 0.416. The third-order valence-electron chi connectivity index (χ3n) is 2.17. The van der Waals surface area contributed by atoms with Gasteiger partial charge in [0.1, 0.15) is 5.75 Å². The fourth-order valence-electron chi connectivity index (χ4n) is 1.47. The molecular weight excluding hydrogens is 206 g/mol. The summed E-state index contributed by atoms with van der Waals surface area (Å²) in [5.41, 5.74) is 1.99. The predicted octanol–water partition coefficient (Wildman–Crippen LogP) is 3.42. The standard InChI is InChI=1S/C12H11NOS/c1-14-12-5-3-2-4-10(12)11-8-9(15)6-7-13-11/h2-8H,1H3,(H,13,15). The largest absolute Gasteiger partial charge is 0.496 e. The molecule has 0 fully saturated rings. The van der Waals surface area contributed by atoms with Gasteiger partial charge in [0.25, 0.3) is 0 Å². The minimum atomic E-state index is 0.814. The van der Waals surface area contributed by atoms with Crippen LogP contribution in [0.25, 0.3) is 11.3 Å². The van der Waals surface area contributed by atoms with Crippen molar-refractivity contribution in [1.82, 2.24) is 4.98 Å². The Morgan fingerprint density at radius 2 is 2.00 bits per heavy atom. The van der Waals surface area contributed by atoms with Gasteiger partial charge in [0.15, 0.2) is 0 Å². The average Bonchev–Trinajstić information content (AvgIpc) is 2.29. The van der Waals surface area contributed by atoms with Gasteiger partial charge in [-0.1, -0.05) is 24.4 Å². The van der Waals surface area contributed by atoms with Crippen molar-refractivity contribution in [1.29, 1.82) is 0 Å². The molecule has 0 radical (unpaired) electrons. The lowest BCUT2D eigenvalue weighted by Gasteiger charge is -2.07. The van der Waals surface area contributed by atoms with E-state index in [9.17, 15) is 0 Å². The molecule has 15 heavy (non-hydrogen) atoms. The number of aromatic amines is 1. The second-order valence-electron chi connectivity index (χ2n) is 3.14. The number of ether oxygens (including phenoxy) is 1. The van der Waals surface area contributed by atoms with Crippen molar-refractivity contribution >= 4 is 12.2 Å². The molecule has 0 unspecified atom stereocenters. The first-order valence-corrected chi connectivity index (χ1v) is 5.04. The molecule has 1 aromatic carbocycles. The Morgan fingerprint density at radius 1 is 1.20 bits per heavy atom. The Balaban J connectivity index is 2.58. The predicted molar refractivity (Wildman–Crippen MR) is 63.6 cm³/mol. The number of aromatic nitrogens is 1. The van der Waals surface area contributed by atoms with Gasteiger partial charge in [-0.3, -0.25) is 0 Å². The van der Waals surface area contributed by atoms with Crippen LogP contribution in [0.3, 0.4) is 0 Å². The number of para-hydroxylation sites is 1. The molecule has 0 spiro atoms. The number of hydrogen-bond donors (Lipinski definition) is 1. The first-order valence-electron chi connectivity index (χ1n) is 4.63. The van der Waals surface area contributed by atoms with E-state index in [1.165, 1.54) is 0 Å². The molecule has 1 heterocycles. The summed E-state index contributed by atoms with van der Waals surface area (Å²) in [7, 11) is 1.66. The number of methoxy groups -OCH3 is 1. The van der Waals surface area contributed by atoms with Gasteiger partial charge >= 0.3 is 0 Å². The summed E-state index contributed by atoms with van der Waals surface area (Å²) < 4.78 is 6.10.